The molecule has 0 N–H and O–H groups in total. The van der Waals surface area contributed by atoms with Gasteiger partial charge >= 0.3 is 0 Å². The van der Waals surface area contributed by atoms with E-state index in [0.717, 1.165) is 5.75 Å². The van der Waals surface area contributed by atoms with E-state index in [4.69, 9.17) is 9.47 Å². The molecule has 0 aromatic heterocycles. The lowest BCUT2D eigenvalue weighted by molar-refractivity contribution is 0.0376. The average Bonchev–Trinajstić information content (AvgIpc) is 2.07. The molecule has 1 rings (SSSR count). The van der Waals surface area contributed by atoms with Gasteiger partial charge in [0.1, 0.15) is 11.5 Å². The SMILES string of the molecule is COc1ccc(OC[O])cc1. The fourth-order valence-electron chi connectivity index (χ4n) is 0.740. The van der Waals surface area contributed by atoms with Crippen LogP contribution in [0.4, 0.5) is 0 Å². The molecular formula is C8H9O3. The van der Waals surface area contributed by atoms with Crippen molar-refractivity contribution in [1.82, 2.24) is 0 Å². The molecule has 59 valence electrons. The van der Waals surface area contributed by atoms with Crippen LogP contribution in [0.5, 0.6) is 11.5 Å². The van der Waals surface area contributed by atoms with Gasteiger partial charge in [0.25, 0.3) is 0 Å². The minimum atomic E-state index is -0.549. The Hall–Kier alpha value is -1.22. The standard InChI is InChI=1S/C8H9O3/c1-10-7-2-4-8(5-3-7)11-6-9/h2-5H,6H2,1H3. The van der Waals surface area contributed by atoms with Crippen LogP contribution in [0, 0.1) is 0 Å². The van der Waals surface area contributed by atoms with Gasteiger partial charge in [0.15, 0.2) is 0 Å². The van der Waals surface area contributed by atoms with E-state index in [9.17, 15) is 5.11 Å². The molecule has 3 heteroatoms. The van der Waals surface area contributed by atoms with E-state index in [1.165, 1.54) is 0 Å². The summed E-state index contributed by atoms with van der Waals surface area (Å²) in [4.78, 5) is 0. The predicted octanol–water partition coefficient (Wildman–Crippen LogP) is 1.46. The number of benzene rings is 1. The quantitative estimate of drug-likeness (QED) is 0.616. The molecule has 0 aliphatic heterocycles. The number of hydrogen-bond donors (Lipinski definition) is 0. The van der Waals surface area contributed by atoms with E-state index >= 15 is 0 Å². The second-order valence-electron chi connectivity index (χ2n) is 1.94. The van der Waals surface area contributed by atoms with Crippen molar-refractivity contribution >= 4 is 0 Å². The molecule has 0 spiro atoms. The summed E-state index contributed by atoms with van der Waals surface area (Å²) in [6.07, 6.45) is 0. The van der Waals surface area contributed by atoms with Crippen LogP contribution in [0.25, 0.3) is 0 Å². The molecule has 0 bridgehead atoms. The van der Waals surface area contributed by atoms with Crippen LogP contribution >= 0.6 is 0 Å². The van der Waals surface area contributed by atoms with Gasteiger partial charge in [-0.25, -0.2) is 0 Å². The zero-order chi connectivity index (χ0) is 8.10. The minimum absolute atomic E-state index is 0.549. The Morgan fingerprint density at radius 1 is 1.18 bits per heavy atom. The highest BCUT2D eigenvalue weighted by molar-refractivity contribution is 5.30. The van der Waals surface area contributed by atoms with Gasteiger partial charge in [-0.3, -0.25) is 0 Å². The monoisotopic (exact) mass is 153 g/mol. The minimum Gasteiger partial charge on any atom is -0.497 e. The number of rotatable bonds is 3. The topological polar surface area (TPSA) is 38.4 Å². The third-order valence-corrected chi connectivity index (χ3v) is 1.29. The molecule has 0 aliphatic carbocycles. The van der Waals surface area contributed by atoms with Crippen LogP contribution in [0.3, 0.4) is 0 Å². The highest BCUT2D eigenvalue weighted by atomic mass is 16.6. The molecule has 0 saturated heterocycles. The molecule has 0 aliphatic rings. The fraction of sp³-hybridized carbons (Fsp3) is 0.250. The Morgan fingerprint density at radius 3 is 2.18 bits per heavy atom. The first-order valence-electron chi connectivity index (χ1n) is 3.22. The van der Waals surface area contributed by atoms with E-state index in [2.05, 4.69) is 0 Å². The van der Waals surface area contributed by atoms with E-state index < -0.39 is 6.79 Å². The van der Waals surface area contributed by atoms with Crippen molar-refractivity contribution in [2.75, 3.05) is 13.9 Å². The van der Waals surface area contributed by atoms with Crippen LogP contribution in [0.15, 0.2) is 24.3 Å². The second-order valence-corrected chi connectivity index (χ2v) is 1.94. The van der Waals surface area contributed by atoms with Crippen molar-refractivity contribution in [3.63, 3.8) is 0 Å². The Bertz CT molecular complexity index is 205. The summed E-state index contributed by atoms with van der Waals surface area (Å²) < 4.78 is 9.61. The lowest BCUT2D eigenvalue weighted by Crippen LogP contribution is -1.92. The molecule has 0 atom stereocenters. The van der Waals surface area contributed by atoms with Crippen LogP contribution < -0.4 is 9.47 Å². The van der Waals surface area contributed by atoms with Gasteiger partial charge in [0.05, 0.1) is 7.11 Å². The average molecular weight is 153 g/mol. The molecule has 1 radical (unpaired) electrons. The van der Waals surface area contributed by atoms with Crippen LogP contribution in [-0.2, 0) is 5.11 Å². The maximum atomic E-state index is 10.0. The maximum Gasteiger partial charge on any atom is 0.221 e. The molecule has 0 amide bonds. The molecule has 3 nitrogen and oxygen atoms in total. The third kappa shape index (κ3) is 2.13. The van der Waals surface area contributed by atoms with Gasteiger partial charge in [-0.05, 0) is 24.3 Å². The first-order valence-corrected chi connectivity index (χ1v) is 3.22. The van der Waals surface area contributed by atoms with Crippen molar-refractivity contribution in [3.8, 4) is 11.5 Å². The van der Waals surface area contributed by atoms with E-state index in [0.29, 0.717) is 5.75 Å². The van der Waals surface area contributed by atoms with Crippen molar-refractivity contribution < 1.29 is 14.6 Å². The molecule has 1 aromatic carbocycles. The molecule has 0 saturated carbocycles. The van der Waals surface area contributed by atoms with Crippen LogP contribution in [-0.4, -0.2) is 13.9 Å². The third-order valence-electron chi connectivity index (χ3n) is 1.29. The van der Waals surface area contributed by atoms with Crippen molar-refractivity contribution in [3.05, 3.63) is 24.3 Å². The van der Waals surface area contributed by atoms with Gasteiger partial charge in [0.2, 0.25) is 6.79 Å². The first-order chi connectivity index (χ1) is 5.36. The maximum absolute atomic E-state index is 10.0. The number of hydrogen-bond acceptors (Lipinski definition) is 2. The Balaban J connectivity index is 2.66. The van der Waals surface area contributed by atoms with Gasteiger partial charge in [-0.1, -0.05) is 0 Å². The van der Waals surface area contributed by atoms with Crippen LogP contribution in [0.1, 0.15) is 0 Å². The Kier molecular flexibility index (Phi) is 2.74. The molecule has 0 unspecified atom stereocenters. The summed E-state index contributed by atoms with van der Waals surface area (Å²) in [7, 11) is 1.59. The summed E-state index contributed by atoms with van der Waals surface area (Å²) in [5, 5.41) is 10.0. The Labute approximate surface area is 65.2 Å². The van der Waals surface area contributed by atoms with Crippen molar-refractivity contribution in [1.29, 1.82) is 0 Å². The van der Waals surface area contributed by atoms with Crippen molar-refractivity contribution in [2.24, 2.45) is 0 Å². The predicted molar refractivity (Wildman–Crippen MR) is 39.2 cm³/mol. The van der Waals surface area contributed by atoms with Gasteiger partial charge in [0, 0.05) is 0 Å². The summed E-state index contributed by atoms with van der Waals surface area (Å²) in [5.74, 6) is 1.32. The highest BCUT2D eigenvalue weighted by Crippen LogP contribution is 2.16. The van der Waals surface area contributed by atoms with E-state index in [-0.39, 0.29) is 0 Å². The summed E-state index contributed by atoms with van der Waals surface area (Å²) >= 11 is 0. The molecule has 11 heavy (non-hydrogen) atoms. The largest absolute Gasteiger partial charge is 0.497 e. The number of methoxy groups -OCH3 is 1. The van der Waals surface area contributed by atoms with Crippen molar-refractivity contribution in [2.45, 2.75) is 0 Å². The van der Waals surface area contributed by atoms with Gasteiger partial charge in [-0.2, -0.15) is 5.11 Å². The molecule has 1 aromatic rings. The molecular weight excluding hydrogens is 144 g/mol. The summed E-state index contributed by atoms with van der Waals surface area (Å²) in [6.45, 7) is -0.549. The fourth-order valence-corrected chi connectivity index (χ4v) is 0.740. The highest BCUT2D eigenvalue weighted by Gasteiger charge is 1.92. The first kappa shape index (κ1) is 7.88. The van der Waals surface area contributed by atoms with E-state index in [1.807, 2.05) is 0 Å². The second kappa shape index (κ2) is 3.83. The lowest BCUT2D eigenvalue weighted by Gasteiger charge is -2.01. The summed E-state index contributed by atoms with van der Waals surface area (Å²) in [6, 6.07) is 6.86. The molecule has 0 fully saturated rings. The smallest absolute Gasteiger partial charge is 0.221 e. The number of ether oxygens (including phenoxy) is 2. The van der Waals surface area contributed by atoms with Gasteiger partial charge < -0.3 is 9.47 Å². The summed E-state index contributed by atoms with van der Waals surface area (Å²) in [5.41, 5.74) is 0. The molecule has 0 heterocycles. The van der Waals surface area contributed by atoms with E-state index in [1.54, 1.807) is 31.4 Å². The van der Waals surface area contributed by atoms with Gasteiger partial charge in [-0.15, -0.1) is 0 Å². The van der Waals surface area contributed by atoms with Crippen LogP contribution in [0.2, 0.25) is 0 Å². The lowest BCUT2D eigenvalue weighted by atomic mass is 10.3. The Morgan fingerprint density at radius 2 is 1.73 bits per heavy atom. The normalized spacial score (nSPS) is 9.27. The zero-order valence-electron chi connectivity index (χ0n) is 6.24. The zero-order valence-corrected chi connectivity index (χ0v) is 6.24.